The van der Waals surface area contributed by atoms with Crippen LogP contribution in [0.1, 0.15) is 19.3 Å². The van der Waals surface area contributed by atoms with E-state index in [9.17, 15) is 4.79 Å². The van der Waals surface area contributed by atoms with E-state index in [0.717, 1.165) is 12.8 Å². The second kappa shape index (κ2) is 2.37. The van der Waals surface area contributed by atoms with E-state index in [-0.39, 0.29) is 18.0 Å². The van der Waals surface area contributed by atoms with Crippen molar-refractivity contribution in [1.82, 2.24) is 4.90 Å². The zero-order valence-electron chi connectivity index (χ0n) is 6.60. The Morgan fingerprint density at radius 3 is 2.75 bits per heavy atom. The summed E-state index contributed by atoms with van der Waals surface area (Å²) < 4.78 is 0. The number of aliphatic carboxylic acids is 1. The van der Waals surface area contributed by atoms with E-state index in [4.69, 9.17) is 10.4 Å². The number of fused-ring (bicyclic) bond motifs is 2. The third-order valence-corrected chi connectivity index (χ3v) is 2.97. The summed E-state index contributed by atoms with van der Waals surface area (Å²) in [4.78, 5) is 12.4. The fraction of sp³-hybridized carbons (Fsp3) is 0.750. The smallest absolute Gasteiger partial charge is 0.308 e. The summed E-state index contributed by atoms with van der Waals surface area (Å²) in [6.45, 7) is 0. The number of nitrogens with zero attached hydrogens (tertiary/aromatic N) is 2. The maximum absolute atomic E-state index is 10.7. The molecule has 0 radical (unpaired) electrons. The molecule has 0 saturated carbocycles. The first-order chi connectivity index (χ1) is 5.74. The molecule has 0 aromatic rings. The normalized spacial score (nSPS) is 38.2. The van der Waals surface area contributed by atoms with Crippen LogP contribution in [0.3, 0.4) is 0 Å². The third kappa shape index (κ3) is 0.795. The summed E-state index contributed by atoms with van der Waals surface area (Å²) in [5.41, 5.74) is 0. The number of carboxylic acids is 1. The molecule has 4 nitrogen and oxygen atoms in total. The molecule has 4 heteroatoms. The van der Waals surface area contributed by atoms with Gasteiger partial charge in [-0.05, 0) is 19.3 Å². The highest BCUT2D eigenvalue weighted by Crippen LogP contribution is 2.40. The summed E-state index contributed by atoms with van der Waals surface area (Å²) in [5, 5.41) is 17.5. The standard InChI is InChI=1S/C8H10N2O2/c9-4-10-5-1-2-7(10)6(3-5)8(11)12/h5-7H,1-3H2,(H,11,12). The molecule has 0 aliphatic carbocycles. The fourth-order valence-corrected chi connectivity index (χ4v) is 2.41. The highest BCUT2D eigenvalue weighted by molar-refractivity contribution is 5.71. The minimum Gasteiger partial charge on any atom is -0.481 e. The lowest BCUT2D eigenvalue weighted by molar-refractivity contribution is -0.142. The molecule has 2 aliphatic rings. The van der Waals surface area contributed by atoms with E-state index >= 15 is 0 Å². The average Bonchev–Trinajstić information content (AvgIpc) is 2.59. The second-order valence-electron chi connectivity index (χ2n) is 3.49. The van der Waals surface area contributed by atoms with Gasteiger partial charge in [-0.3, -0.25) is 4.79 Å². The van der Waals surface area contributed by atoms with Gasteiger partial charge in [0, 0.05) is 6.04 Å². The molecule has 3 unspecified atom stereocenters. The Kier molecular flexibility index (Phi) is 1.47. The Bertz CT molecular complexity index is 258. The minimum atomic E-state index is -0.748. The predicted octanol–water partition coefficient (Wildman–Crippen LogP) is 0.405. The van der Waals surface area contributed by atoms with Crippen molar-refractivity contribution in [2.75, 3.05) is 0 Å². The lowest BCUT2D eigenvalue weighted by Gasteiger charge is -2.15. The third-order valence-electron chi connectivity index (χ3n) is 2.97. The molecular formula is C8H10N2O2. The van der Waals surface area contributed by atoms with E-state index in [2.05, 4.69) is 6.19 Å². The maximum atomic E-state index is 10.7. The summed E-state index contributed by atoms with van der Waals surface area (Å²) >= 11 is 0. The Balaban J connectivity index is 2.19. The van der Waals surface area contributed by atoms with E-state index in [1.165, 1.54) is 0 Å². The van der Waals surface area contributed by atoms with Crippen LogP contribution in [0.2, 0.25) is 0 Å². The monoisotopic (exact) mass is 166 g/mol. The maximum Gasteiger partial charge on any atom is 0.308 e. The zero-order valence-corrected chi connectivity index (χ0v) is 6.60. The Labute approximate surface area is 70.4 Å². The summed E-state index contributed by atoms with van der Waals surface area (Å²) in [6, 6.07) is 0.193. The average molecular weight is 166 g/mol. The van der Waals surface area contributed by atoms with E-state index < -0.39 is 5.97 Å². The van der Waals surface area contributed by atoms with Gasteiger partial charge in [-0.15, -0.1) is 0 Å². The molecule has 2 rings (SSSR count). The van der Waals surface area contributed by atoms with Gasteiger partial charge in [0.2, 0.25) is 0 Å². The number of carboxylic acid groups (broad SMARTS) is 1. The Hall–Kier alpha value is -1.24. The van der Waals surface area contributed by atoms with Crippen LogP contribution < -0.4 is 0 Å². The van der Waals surface area contributed by atoms with Crippen molar-refractivity contribution in [3.05, 3.63) is 0 Å². The van der Waals surface area contributed by atoms with Crippen LogP contribution in [0.25, 0.3) is 0 Å². The molecule has 2 fully saturated rings. The van der Waals surface area contributed by atoms with E-state index in [1.807, 2.05) is 0 Å². The molecule has 1 N–H and O–H groups in total. The van der Waals surface area contributed by atoms with Crippen LogP contribution in [0.4, 0.5) is 0 Å². The lowest BCUT2D eigenvalue weighted by Crippen LogP contribution is -2.29. The quantitative estimate of drug-likeness (QED) is 0.573. The zero-order chi connectivity index (χ0) is 8.72. The van der Waals surface area contributed by atoms with Crippen molar-refractivity contribution in [3.8, 4) is 6.19 Å². The molecule has 2 saturated heterocycles. The Morgan fingerprint density at radius 2 is 2.33 bits per heavy atom. The second-order valence-corrected chi connectivity index (χ2v) is 3.49. The first-order valence-electron chi connectivity index (χ1n) is 4.15. The van der Waals surface area contributed by atoms with Crippen molar-refractivity contribution < 1.29 is 9.90 Å². The predicted molar refractivity (Wildman–Crippen MR) is 40.0 cm³/mol. The van der Waals surface area contributed by atoms with Gasteiger partial charge in [0.1, 0.15) is 0 Å². The molecule has 2 aliphatic heterocycles. The molecule has 0 aromatic heterocycles. The number of hydrogen-bond donors (Lipinski definition) is 1. The van der Waals surface area contributed by atoms with Gasteiger partial charge in [0.25, 0.3) is 0 Å². The van der Waals surface area contributed by atoms with Crippen LogP contribution in [-0.2, 0) is 4.79 Å². The number of carbonyl (C=O) groups is 1. The van der Waals surface area contributed by atoms with Gasteiger partial charge in [-0.25, -0.2) is 0 Å². The van der Waals surface area contributed by atoms with E-state index in [0.29, 0.717) is 6.42 Å². The Morgan fingerprint density at radius 1 is 1.58 bits per heavy atom. The van der Waals surface area contributed by atoms with Crippen molar-refractivity contribution in [1.29, 1.82) is 5.26 Å². The topological polar surface area (TPSA) is 64.3 Å². The largest absolute Gasteiger partial charge is 0.481 e. The number of nitriles is 1. The van der Waals surface area contributed by atoms with Crippen LogP contribution in [0.15, 0.2) is 0 Å². The number of hydrogen-bond acceptors (Lipinski definition) is 3. The van der Waals surface area contributed by atoms with Crippen molar-refractivity contribution >= 4 is 5.97 Å². The molecule has 12 heavy (non-hydrogen) atoms. The first-order valence-corrected chi connectivity index (χ1v) is 4.15. The fourth-order valence-electron chi connectivity index (χ4n) is 2.41. The van der Waals surface area contributed by atoms with Gasteiger partial charge in [0.05, 0.1) is 12.0 Å². The highest BCUT2D eigenvalue weighted by Gasteiger charge is 2.49. The molecule has 0 aromatic carbocycles. The van der Waals surface area contributed by atoms with E-state index in [1.54, 1.807) is 4.90 Å². The van der Waals surface area contributed by atoms with Crippen molar-refractivity contribution in [3.63, 3.8) is 0 Å². The van der Waals surface area contributed by atoms with Crippen molar-refractivity contribution in [2.45, 2.75) is 31.3 Å². The first kappa shape index (κ1) is 7.41. The SMILES string of the molecule is N#CN1C2CCC1C(C(=O)O)C2. The van der Waals surface area contributed by atoms with Crippen molar-refractivity contribution in [2.24, 2.45) is 5.92 Å². The summed E-state index contributed by atoms with van der Waals surface area (Å²) in [6.07, 6.45) is 4.60. The molecule has 64 valence electrons. The van der Waals surface area contributed by atoms with Gasteiger partial charge in [-0.2, -0.15) is 5.26 Å². The lowest BCUT2D eigenvalue weighted by atomic mass is 9.89. The molecular weight excluding hydrogens is 156 g/mol. The molecule has 0 amide bonds. The van der Waals surface area contributed by atoms with Crippen LogP contribution in [0, 0.1) is 17.4 Å². The molecule has 3 atom stereocenters. The number of rotatable bonds is 1. The molecule has 0 spiro atoms. The van der Waals surface area contributed by atoms with Crippen LogP contribution in [0.5, 0.6) is 0 Å². The van der Waals surface area contributed by atoms with Crippen LogP contribution >= 0.6 is 0 Å². The van der Waals surface area contributed by atoms with Crippen LogP contribution in [-0.4, -0.2) is 28.1 Å². The summed E-state index contributed by atoms with van der Waals surface area (Å²) in [5.74, 6) is -1.05. The van der Waals surface area contributed by atoms with Gasteiger partial charge >= 0.3 is 5.97 Å². The highest BCUT2D eigenvalue weighted by atomic mass is 16.4. The van der Waals surface area contributed by atoms with Gasteiger partial charge in [-0.1, -0.05) is 0 Å². The minimum absolute atomic E-state index is 0.0162. The molecule has 2 heterocycles. The molecule has 2 bridgehead atoms. The van der Waals surface area contributed by atoms with Gasteiger partial charge in [0.15, 0.2) is 6.19 Å². The summed E-state index contributed by atoms with van der Waals surface area (Å²) in [7, 11) is 0. The van der Waals surface area contributed by atoms with Gasteiger partial charge < -0.3 is 10.0 Å².